The molecule has 0 radical (unpaired) electrons. The fourth-order valence-electron chi connectivity index (χ4n) is 2.84. The van der Waals surface area contributed by atoms with E-state index >= 15 is 0 Å². The number of phenolic OH excluding ortho intramolecular Hbond substituents is 1. The van der Waals surface area contributed by atoms with Crippen molar-refractivity contribution in [2.75, 3.05) is 5.73 Å². The number of rotatable bonds is 2. The molecule has 0 atom stereocenters. The van der Waals surface area contributed by atoms with Crippen LogP contribution < -0.4 is 5.73 Å². The molecule has 0 aliphatic rings. The number of halogens is 1. The fourth-order valence-corrected chi connectivity index (χ4v) is 3.02. The van der Waals surface area contributed by atoms with Gasteiger partial charge in [0, 0.05) is 18.0 Å². The van der Waals surface area contributed by atoms with Crippen molar-refractivity contribution in [2.24, 2.45) is 0 Å². The van der Waals surface area contributed by atoms with E-state index in [2.05, 4.69) is 14.8 Å². The molecular weight excluding hydrogens is 350 g/mol. The predicted octanol–water partition coefficient (Wildman–Crippen LogP) is 4.56. The zero-order valence-electron chi connectivity index (χ0n) is 13.4. The molecule has 0 spiro atoms. The Kier molecular flexibility index (Phi) is 3.72. The first kappa shape index (κ1) is 15.9. The number of hydrogen-bond acceptors (Lipinski definition) is 4. The number of hydrogen-bond donors (Lipinski definition) is 2. The normalized spacial score (nSPS) is 10.8. The van der Waals surface area contributed by atoms with Crippen molar-refractivity contribution in [3.05, 3.63) is 71.3 Å². The van der Waals surface area contributed by atoms with Crippen LogP contribution in [0.15, 0.2) is 54.9 Å². The number of nitrogens with two attached hydrogens (primary N) is 1. The van der Waals surface area contributed by atoms with Gasteiger partial charge in [-0.1, -0.05) is 35.9 Å². The number of imidazole rings is 1. The van der Waals surface area contributed by atoms with Gasteiger partial charge in [-0.05, 0) is 23.8 Å². The highest BCUT2D eigenvalue weighted by atomic mass is 35.5. The lowest BCUT2D eigenvalue weighted by atomic mass is 10.0. The first-order chi connectivity index (χ1) is 12.6. The van der Waals surface area contributed by atoms with E-state index in [9.17, 15) is 5.11 Å². The molecule has 0 aliphatic carbocycles. The maximum absolute atomic E-state index is 9.74. The quantitative estimate of drug-likeness (QED) is 0.513. The van der Waals surface area contributed by atoms with Crippen molar-refractivity contribution in [3.63, 3.8) is 0 Å². The van der Waals surface area contributed by atoms with E-state index in [-0.39, 0.29) is 10.8 Å². The minimum Gasteiger partial charge on any atom is -0.506 e. The second-order valence-corrected chi connectivity index (χ2v) is 6.05. The van der Waals surface area contributed by atoms with E-state index in [4.69, 9.17) is 23.9 Å². The Hall–Kier alpha value is -3.56. The standard InChI is InChI=1S/C19H12ClN5O/c1-22-13-5-2-11(3-6-13)16-17(12-4-7-15(26)14(20)10-12)25-9-8-23-19(25)18(21)24-16/h2-10,26H,(H2,21,24). The van der Waals surface area contributed by atoms with Crippen LogP contribution in [-0.4, -0.2) is 19.5 Å². The Bertz CT molecular complexity index is 1180. The number of nitrogens with zero attached hydrogens (tertiary/aromatic N) is 4. The molecule has 0 bridgehead atoms. The molecule has 4 aromatic rings. The lowest BCUT2D eigenvalue weighted by molar-refractivity contribution is 0.475. The van der Waals surface area contributed by atoms with Crippen LogP contribution >= 0.6 is 11.6 Å². The van der Waals surface area contributed by atoms with E-state index in [1.165, 1.54) is 6.07 Å². The topological polar surface area (TPSA) is 80.8 Å². The second-order valence-electron chi connectivity index (χ2n) is 5.64. The summed E-state index contributed by atoms with van der Waals surface area (Å²) in [5, 5.41) is 9.97. The van der Waals surface area contributed by atoms with Gasteiger partial charge in [0.1, 0.15) is 5.75 Å². The summed E-state index contributed by atoms with van der Waals surface area (Å²) >= 11 is 6.10. The van der Waals surface area contributed by atoms with Crippen LogP contribution in [0.25, 0.3) is 33.0 Å². The highest BCUT2D eigenvalue weighted by molar-refractivity contribution is 6.32. The third-order valence-corrected chi connectivity index (χ3v) is 4.36. The van der Waals surface area contributed by atoms with Gasteiger partial charge in [0.05, 0.1) is 23.0 Å². The Labute approximate surface area is 154 Å². The molecule has 0 saturated heterocycles. The summed E-state index contributed by atoms with van der Waals surface area (Å²) in [6.07, 6.45) is 3.44. The molecule has 4 rings (SSSR count). The molecule has 0 amide bonds. The molecule has 0 aliphatic heterocycles. The summed E-state index contributed by atoms with van der Waals surface area (Å²) < 4.78 is 1.84. The molecule has 3 N–H and O–H groups in total. The lowest BCUT2D eigenvalue weighted by Gasteiger charge is -2.14. The molecule has 7 heteroatoms. The van der Waals surface area contributed by atoms with Crippen LogP contribution in [0.1, 0.15) is 0 Å². The third-order valence-electron chi connectivity index (χ3n) is 4.06. The first-order valence-corrected chi connectivity index (χ1v) is 8.05. The van der Waals surface area contributed by atoms with Crippen LogP contribution in [0.2, 0.25) is 5.02 Å². The average Bonchev–Trinajstić information content (AvgIpc) is 3.14. The molecule has 126 valence electrons. The zero-order chi connectivity index (χ0) is 18.3. The fraction of sp³-hybridized carbons (Fsp3) is 0. The molecule has 2 aromatic heterocycles. The van der Waals surface area contributed by atoms with E-state index in [1.807, 2.05) is 16.5 Å². The van der Waals surface area contributed by atoms with Crippen LogP contribution in [0.3, 0.4) is 0 Å². The minimum atomic E-state index is 0.00339. The van der Waals surface area contributed by atoms with E-state index in [0.29, 0.717) is 22.8 Å². The van der Waals surface area contributed by atoms with Crippen LogP contribution in [0.5, 0.6) is 5.75 Å². The van der Waals surface area contributed by atoms with Gasteiger partial charge >= 0.3 is 0 Å². The number of nitrogen functional groups attached to an aromatic ring is 1. The summed E-state index contributed by atoms with van der Waals surface area (Å²) in [4.78, 5) is 12.2. The zero-order valence-corrected chi connectivity index (χ0v) is 14.1. The average molecular weight is 362 g/mol. The number of anilines is 1. The summed E-state index contributed by atoms with van der Waals surface area (Å²) in [5.41, 5.74) is 10.1. The summed E-state index contributed by atoms with van der Waals surface area (Å²) in [5.74, 6) is 0.302. The molecule has 6 nitrogen and oxygen atoms in total. The van der Waals surface area contributed by atoms with Gasteiger partial charge in [-0.2, -0.15) is 0 Å². The van der Waals surface area contributed by atoms with Gasteiger partial charge in [-0.25, -0.2) is 14.8 Å². The highest BCUT2D eigenvalue weighted by Gasteiger charge is 2.17. The van der Waals surface area contributed by atoms with Crippen LogP contribution in [0.4, 0.5) is 11.5 Å². The van der Waals surface area contributed by atoms with Crippen molar-refractivity contribution in [2.45, 2.75) is 0 Å². The molecule has 2 aromatic carbocycles. The number of phenols is 1. The Morgan fingerprint density at radius 1 is 1.12 bits per heavy atom. The van der Waals surface area contributed by atoms with Crippen LogP contribution in [-0.2, 0) is 0 Å². The number of aromatic nitrogens is 3. The van der Waals surface area contributed by atoms with Crippen molar-refractivity contribution in [1.82, 2.24) is 14.4 Å². The third kappa shape index (κ3) is 2.51. The maximum Gasteiger partial charge on any atom is 0.187 e. The Balaban J connectivity index is 2.05. The Morgan fingerprint density at radius 2 is 1.85 bits per heavy atom. The van der Waals surface area contributed by atoms with Gasteiger partial charge in [-0.3, -0.25) is 4.40 Å². The molecule has 0 unspecified atom stereocenters. The Morgan fingerprint density at radius 3 is 2.54 bits per heavy atom. The molecule has 2 heterocycles. The molecule has 26 heavy (non-hydrogen) atoms. The number of aromatic hydroxyl groups is 1. The van der Waals surface area contributed by atoms with Gasteiger partial charge < -0.3 is 10.8 Å². The van der Waals surface area contributed by atoms with E-state index in [1.54, 1.807) is 36.7 Å². The maximum atomic E-state index is 9.74. The van der Waals surface area contributed by atoms with Gasteiger partial charge in [0.15, 0.2) is 17.2 Å². The largest absolute Gasteiger partial charge is 0.506 e. The van der Waals surface area contributed by atoms with Gasteiger partial charge in [0.25, 0.3) is 0 Å². The highest BCUT2D eigenvalue weighted by Crippen LogP contribution is 2.36. The van der Waals surface area contributed by atoms with Gasteiger partial charge in [0.2, 0.25) is 0 Å². The number of benzene rings is 2. The van der Waals surface area contributed by atoms with E-state index < -0.39 is 0 Å². The summed E-state index contributed by atoms with van der Waals surface area (Å²) in [6, 6.07) is 12.1. The molecule has 0 saturated carbocycles. The van der Waals surface area contributed by atoms with Crippen molar-refractivity contribution in [3.8, 4) is 28.3 Å². The summed E-state index contributed by atoms with van der Waals surface area (Å²) in [7, 11) is 0. The van der Waals surface area contributed by atoms with Crippen molar-refractivity contribution >= 4 is 28.8 Å². The molecular formula is C19H12ClN5O. The van der Waals surface area contributed by atoms with Crippen molar-refractivity contribution in [1.29, 1.82) is 0 Å². The molecule has 0 fully saturated rings. The monoisotopic (exact) mass is 361 g/mol. The lowest BCUT2D eigenvalue weighted by Crippen LogP contribution is -2.03. The van der Waals surface area contributed by atoms with Gasteiger partial charge in [-0.15, -0.1) is 0 Å². The van der Waals surface area contributed by atoms with E-state index in [0.717, 1.165) is 16.8 Å². The predicted molar refractivity (Wildman–Crippen MR) is 101 cm³/mol. The van der Waals surface area contributed by atoms with Crippen LogP contribution in [0, 0.1) is 6.57 Å². The minimum absolute atomic E-state index is 0.00339. The first-order valence-electron chi connectivity index (χ1n) is 7.68. The second kappa shape index (κ2) is 6.06. The SMILES string of the molecule is [C-]#[N+]c1ccc(-c2nc(N)c3nccn3c2-c2ccc(O)c(Cl)c2)cc1. The van der Waals surface area contributed by atoms with Crippen molar-refractivity contribution < 1.29 is 5.11 Å². The smallest absolute Gasteiger partial charge is 0.187 e. The number of fused-ring (bicyclic) bond motifs is 1. The summed E-state index contributed by atoms with van der Waals surface area (Å²) in [6.45, 7) is 7.10.